The molecular weight excluding hydrogens is 490 g/mol. The molecule has 1 unspecified atom stereocenters. The Kier molecular flexibility index (Phi) is 9.97. The van der Waals surface area contributed by atoms with Gasteiger partial charge in [0.1, 0.15) is 18.3 Å². The molecule has 2 aromatic rings. The summed E-state index contributed by atoms with van der Waals surface area (Å²) < 4.78 is 32.0. The van der Waals surface area contributed by atoms with Crippen molar-refractivity contribution in [3.05, 3.63) is 59.7 Å². The topological polar surface area (TPSA) is 96.0 Å². The van der Waals surface area contributed by atoms with Crippen LogP contribution >= 0.6 is 0 Å². The minimum Gasteiger partial charge on any atom is -0.494 e. The van der Waals surface area contributed by atoms with Crippen LogP contribution in [0, 0.1) is 6.92 Å². The van der Waals surface area contributed by atoms with Crippen molar-refractivity contribution in [1.29, 1.82) is 0 Å². The number of anilines is 1. The largest absolute Gasteiger partial charge is 0.494 e. The van der Waals surface area contributed by atoms with Crippen LogP contribution in [0.1, 0.15) is 57.1 Å². The molecule has 37 heavy (non-hydrogen) atoms. The third kappa shape index (κ3) is 7.95. The number of nitrogens with one attached hydrogen (secondary N) is 1. The maximum Gasteiger partial charge on any atom is 0.244 e. The lowest BCUT2D eigenvalue weighted by molar-refractivity contribution is -0.140. The molecule has 8 nitrogen and oxygen atoms in total. The van der Waals surface area contributed by atoms with E-state index in [0.29, 0.717) is 24.5 Å². The molecule has 1 atom stereocenters. The third-order valence-electron chi connectivity index (χ3n) is 6.64. The quantitative estimate of drug-likeness (QED) is 0.448. The Morgan fingerprint density at radius 2 is 1.76 bits per heavy atom. The second-order valence-corrected chi connectivity index (χ2v) is 11.5. The minimum atomic E-state index is -3.78. The average molecular weight is 530 g/mol. The standard InChI is InChI=1S/C28H39N3O5S/c1-5-26(28(33)29-23-12-7-8-13-23)30(19-22-11-9-10-21(3)18-22)27(32)20-31(37(4,34)35)24-14-16-25(17-15-24)36-6-2/h9-11,14-18,23,26H,5-8,12-13,19-20H2,1-4H3,(H,29,33). The Bertz CT molecular complexity index is 1160. The molecule has 1 aliphatic rings. The van der Waals surface area contributed by atoms with Crippen molar-refractivity contribution >= 4 is 27.5 Å². The number of rotatable bonds is 12. The molecule has 1 N–H and O–H groups in total. The Morgan fingerprint density at radius 3 is 2.32 bits per heavy atom. The van der Waals surface area contributed by atoms with Gasteiger partial charge in [-0.05, 0) is 62.9 Å². The van der Waals surface area contributed by atoms with Gasteiger partial charge in [-0.3, -0.25) is 13.9 Å². The fraction of sp³-hybridized carbons (Fsp3) is 0.500. The Balaban J connectivity index is 1.90. The van der Waals surface area contributed by atoms with E-state index in [9.17, 15) is 18.0 Å². The van der Waals surface area contributed by atoms with Gasteiger partial charge in [0.05, 0.1) is 18.6 Å². The van der Waals surface area contributed by atoms with Crippen molar-refractivity contribution in [1.82, 2.24) is 10.2 Å². The first-order chi connectivity index (χ1) is 17.6. The van der Waals surface area contributed by atoms with Gasteiger partial charge in [0.15, 0.2) is 0 Å². The van der Waals surface area contributed by atoms with E-state index < -0.39 is 28.5 Å². The number of ether oxygens (including phenoxy) is 1. The number of hydrogen-bond acceptors (Lipinski definition) is 5. The highest BCUT2D eigenvalue weighted by Crippen LogP contribution is 2.23. The maximum absolute atomic E-state index is 13.8. The van der Waals surface area contributed by atoms with Gasteiger partial charge in [-0.15, -0.1) is 0 Å². The van der Waals surface area contributed by atoms with E-state index in [4.69, 9.17) is 4.74 Å². The average Bonchev–Trinajstić information content (AvgIpc) is 3.35. The van der Waals surface area contributed by atoms with Crippen molar-refractivity contribution in [3.8, 4) is 5.75 Å². The van der Waals surface area contributed by atoms with Crippen molar-refractivity contribution in [3.63, 3.8) is 0 Å². The molecule has 2 amide bonds. The minimum absolute atomic E-state index is 0.119. The molecule has 3 rings (SSSR count). The summed E-state index contributed by atoms with van der Waals surface area (Å²) in [5.41, 5.74) is 2.28. The van der Waals surface area contributed by atoms with E-state index in [-0.39, 0.29) is 18.5 Å². The molecule has 0 aromatic heterocycles. The predicted octanol–water partition coefficient (Wildman–Crippen LogP) is 4.03. The first kappa shape index (κ1) is 28.5. The second kappa shape index (κ2) is 12.9. The van der Waals surface area contributed by atoms with Gasteiger partial charge in [0.25, 0.3) is 0 Å². The first-order valence-corrected chi connectivity index (χ1v) is 14.8. The molecule has 0 bridgehead atoms. The normalized spacial score (nSPS) is 14.7. The summed E-state index contributed by atoms with van der Waals surface area (Å²) in [5, 5.41) is 3.12. The Hall–Kier alpha value is -3.07. The fourth-order valence-electron chi connectivity index (χ4n) is 4.78. The van der Waals surface area contributed by atoms with Crippen LogP contribution in [-0.2, 0) is 26.2 Å². The number of carbonyl (C=O) groups is 2. The second-order valence-electron chi connectivity index (χ2n) is 9.62. The number of nitrogens with zero attached hydrogens (tertiary/aromatic N) is 2. The zero-order chi connectivity index (χ0) is 27.0. The van der Waals surface area contributed by atoms with E-state index >= 15 is 0 Å². The van der Waals surface area contributed by atoms with Gasteiger partial charge in [-0.1, -0.05) is 49.6 Å². The molecular formula is C28H39N3O5S. The van der Waals surface area contributed by atoms with Gasteiger partial charge in [0, 0.05) is 12.6 Å². The van der Waals surface area contributed by atoms with Gasteiger partial charge < -0.3 is 15.0 Å². The Labute approximate surface area is 221 Å². The number of amides is 2. The van der Waals surface area contributed by atoms with E-state index in [0.717, 1.165) is 47.4 Å². The number of carbonyl (C=O) groups excluding carboxylic acids is 2. The van der Waals surface area contributed by atoms with E-state index in [1.165, 1.54) is 4.90 Å². The van der Waals surface area contributed by atoms with Crippen LogP contribution in [0.2, 0.25) is 0 Å². The van der Waals surface area contributed by atoms with Gasteiger partial charge >= 0.3 is 0 Å². The Morgan fingerprint density at radius 1 is 1.08 bits per heavy atom. The van der Waals surface area contributed by atoms with Crippen molar-refractivity contribution in [2.75, 3.05) is 23.7 Å². The molecule has 9 heteroatoms. The molecule has 1 fully saturated rings. The number of aryl methyl sites for hydroxylation is 1. The highest BCUT2D eigenvalue weighted by molar-refractivity contribution is 7.92. The molecule has 0 heterocycles. The van der Waals surface area contributed by atoms with E-state index in [2.05, 4.69) is 5.32 Å². The van der Waals surface area contributed by atoms with Crippen LogP contribution in [0.5, 0.6) is 5.75 Å². The number of benzene rings is 2. The zero-order valence-corrected chi connectivity index (χ0v) is 23.1. The van der Waals surface area contributed by atoms with Crippen LogP contribution in [0.4, 0.5) is 5.69 Å². The molecule has 202 valence electrons. The zero-order valence-electron chi connectivity index (χ0n) is 22.3. The van der Waals surface area contributed by atoms with Crippen molar-refractivity contribution in [2.45, 2.75) is 71.5 Å². The highest BCUT2D eigenvalue weighted by atomic mass is 32.2. The van der Waals surface area contributed by atoms with Crippen LogP contribution in [0.15, 0.2) is 48.5 Å². The lowest BCUT2D eigenvalue weighted by Crippen LogP contribution is -2.53. The number of hydrogen-bond donors (Lipinski definition) is 1. The molecule has 1 aliphatic carbocycles. The van der Waals surface area contributed by atoms with Crippen LogP contribution in [-0.4, -0.2) is 56.6 Å². The van der Waals surface area contributed by atoms with E-state index in [1.807, 2.05) is 45.0 Å². The van der Waals surface area contributed by atoms with Crippen LogP contribution < -0.4 is 14.4 Å². The van der Waals surface area contributed by atoms with Crippen LogP contribution in [0.3, 0.4) is 0 Å². The molecule has 0 radical (unpaired) electrons. The van der Waals surface area contributed by atoms with Gasteiger partial charge in [-0.2, -0.15) is 0 Å². The third-order valence-corrected chi connectivity index (χ3v) is 7.78. The summed E-state index contributed by atoms with van der Waals surface area (Å²) in [4.78, 5) is 28.6. The summed E-state index contributed by atoms with van der Waals surface area (Å²) in [7, 11) is -3.78. The predicted molar refractivity (Wildman–Crippen MR) is 146 cm³/mol. The summed E-state index contributed by atoms with van der Waals surface area (Å²) in [5.74, 6) is -0.0154. The van der Waals surface area contributed by atoms with Crippen LogP contribution in [0.25, 0.3) is 0 Å². The monoisotopic (exact) mass is 529 g/mol. The van der Waals surface area contributed by atoms with Gasteiger partial charge in [0.2, 0.25) is 21.8 Å². The summed E-state index contributed by atoms with van der Waals surface area (Å²) in [6.45, 7) is 5.99. The molecule has 0 aliphatic heterocycles. The summed E-state index contributed by atoms with van der Waals surface area (Å²) in [6.07, 6.45) is 5.53. The number of sulfonamides is 1. The maximum atomic E-state index is 13.8. The molecule has 0 saturated heterocycles. The lowest BCUT2D eigenvalue weighted by atomic mass is 10.1. The summed E-state index contributed by atoms with van der Waals surface area (Å²) >= 11 is 0. The van der Waals surface area contributed by atoms with Gasteiger partial charge in [-0.25, -0.2) is 8.42 Å². The molecule has 1 saturated carbocycles. The SMILES string of the molecule is CCOc1ccc(N(CC(=O)N(Cc2cccc(C)c2)C(CC)C(=O)NC2CCCC2)S(C)(=O)=O)cc1. The molecule has 2 aromatic carbocycles. The van der Waals surface area contributed by atoms with Crippen molar-refractivity contribution in [2.24, 2.45) is 0 Å². The highest BCUT2D eigenvalue weighted by Gasteiger charge is 2.33. The van der Waals surface area contributed by atoms with Crippen molar-refractivity contribution < 1.29 is 22.7 Å². The molecule has 0 spiro atoms. The smallest absolute Gasteiger partial charge is 0.244 e. The fourth-order valence-corrected chi connectivity index (χ4v) is 5.63. The first-order valence-electron chi connectivity index (χ1n) is 13.0. The lowest BCUT2D eigenvalue weighted by Gasteiger charge is -2.33. The summed E-state index contributed by atoms with van der Waals surface area (Å²) in [6, 6.07) is 13.8. The van der Waals surface area contributed by atoms with E-state index in [1.54, 1.807) is 24.3 Å².